The van der Waals surface area contributed by atoms with Gasteiger partial charge in [0.15, 0.2) is 0 Å². The minimum atomic E-state index is -0.571. The predicted molar refractivity (Wildman–Crippen MR) is 42.5 cm³/mol. The summed E-state index contributed by atoms with van der Waals surface area (Å²) in [5.74, 6) is 0. The molecule has 3 nitrogen and oxygen atoms in total. The first-order valence-electron chi connectivity index (χ1n) is 2.50. The molecule has 10 heavy (non-hydrogen) atoms. The molecule has 1 aromatic rings. The van der Waals surface area contributed by atoms with Gasteiger partial charge in [-0.25, -0.2) is 4.79 Å². The Bertz CT molecular complexity index is 248. The first kappa shape index (κ1) is 7.37. The molecule has 1 aromatic heterocycles. The number of primary amides is 1. The van der Waals surface area contributed by atoms with Crippen molar-refractivity contribution in [1.29, 1.82) is 0 Å². The monoisotopic (exact) mass is 176 g/mol. The third kappa shape index (κ3) is 1.89. The number of hydrogen-bond acceptors (Lipinski definition) is 2. The van der Waals surface area contributed by atoms with Crippen LogP contribution in [0.15, 0.2) is 12.1 Å². The molecular formula is C5H5ClN2OS. The van der Waals surface area contributed by atoms with Crippen molar-refractivity contribution in [2.24, 2.45) is 5.73 Å². The lowest BCUT2D eigenvalue weighted by Crippen LogP contribution is -2.18. The summed E-state index contributed by atoms with van der Waals surface area (Å²) in [4.78, 5) is 10.3. The van der Waals surface area contributed by atoms with Crippen LogP contribution in [0.4, 0.5) is 9.80 Å². The van der Waals surface area contributed by atoms with Crippen LogP contribution >= 0.6 is 22.9 Å². The van der Waals surface area contributed by atoms with Gasteiger partial charge in [-0.3, -0.25) is 5.32 Å². The first-order valence-corrected chi connectivity index (χ1v) is 3.70. The molecule has 2 amide bonds. The Kier molecular flexibility index (Phi) is 2.13. The summed E-state index contributed by atoms with van der Waals surface area (Å²) in [7, 11) is 0. The first-order chi connectivity index (χ1) is 4.68. The van der Waals surface area contributed by atoms with Gasteiger partial charge in [-0.05, 0) is 12.1 Å². The Hall–Kier alpha value is -0.740. The third-order valence-electron chi connectivity index (χ3n) is 0.820. The highest BCUT2D eigenvalue weighted by molar-refractivity contribution is 7.20. The quantitative estimate of drug-likeness (QED) is 0.675. The van der Waals surface area contributed by atoms with Crippen molar-refractivity contribution in [1.82, 2.24) is 0 Å². The van der Waals surface area contributed by atoms with Gasteiger partial charge in [0.1, 0.15) is 0 Å². The molecule has 0 saturated heterocycles. The van der Waals surface area contributed by atoms with Crippen LogP contribution in [0.5, 0.6) is 0 Å². The highest BCUT2D eigenvalue weighted by Gasteiger charge is 1.97. The van der Waals surface area contributed by atoms with Crippen LogP contribution in [0.3, 0.4) is 0 Å². The average molecular weight is 177 g/mol. The summed E-state index contributed by atoms with van der Waals surface area (Å²) in [6.45, 7) is 0. The summed E-state index contributed by atoms with van der Waals surface area (Å²) in [5.41, 5.74) is 4.85. The number of nitrogens with two attached hydrogens (primary N) is 1. The number of rotatable bonds is 1. The maximum absolute atomic E-state index is 10.3. The van der Waals surface area contributed by atoms with Gasteiger partial charge in [-0.15, -0.1) is 11.3 Å². The molecule has 0 radical (unpaired) electrons. The van der Waals surface area contributed by atoms with Crippen molar-refractivity contribution < 1.29 is 4.79 Å². The van der Waals surface area contributed by atoms with Crippen LogP contribution in [-0.4, -0.2) is 6.03 Å². The van der Waals surface area contributed by atoms with E-state index in [9.17, 15) is 4.79 Å². The second-order valence-corrected chi connectivity index (χ2v) is 3.31. The van der Waals surface area contributed by atoms with Crippen molar-refractivity contribution in [3.63, 3.8) is 0 Å². The van der Waals surface area contributed by atoms with Gasteiger partial charge in [-0.2, -0.15) is 0 Å². The topological polar surface area (TPSA) is 55.1 Å². The van der Waals surface area contributed by atoms with Crippen molar-refractivity contribution in [2.75, 3.05) is 5.32 Å². The zero-order chi connectivity index (χ0) is 7.56. The molecular weight excluding hydrogens is 172 g/mol. The fraction of sp³-hybridized carbons (Fsp3) is 0. The summed E-state index contributed by atoms with van der Waals surface area (Å²) in [6, 6.07) is 2.81. The lowest BCUT2D eigenvalue weighted by atomic mass is 10.6. The van der Waals surface area contributed by atoms with E-state index in [1.165, 1.54) is 11.3 Å². The van der Waals surface area contributed by atoms with Crippen molar-refractivity contribution in [3.05, 3.63) is 16.5 Å². The molecule has 0 aliphatic rings. The summed E-state index contributed by atoms with van der Waals surface area (Å²) in [6.07, 6.45) is 0. The van der Waals surface area contributed by atoms with E-state index in [1.807, 2.05) is 0 Å². The molecule has 0 saturated carbocycles. The molecule has 0 atom stereocenters. The standard InChI is InChI=1S/C5H5ClN2OS/c6-3-1-2-4(10-3)8-5(7)9/h1-2H,(H3,7,8,9). The Morgan fingerprint density at radius 3 is 2.80 bits per heavy atom. The molecule has 54 valence electrons. The summed E-state index contributed by atoms with van der Waals surface area (Å²) < 4.78 is 0.628. The second kappa shape index (κ2) is 2.90. The molecule has 0 bridgehead atoms. The lowest BCUT2D eigenvalue weighted by molar-refractivity contribution is 0.259. The van der Waals surface area contributed by atoms with E-state index in [0.29, 0.717) is 9.34 Å². The number of carbonyl (C=O) groups is 1. The van der Waals surface area contributed by atoms with Crippen LogP contribution in [-0.2, 0) is 0 Å². The molecule has 0 aromatic carbocycles. The molecule has 0 fully saturated rings. The molecule has 0 aliphatic heterocycles. The van der Waals surface area contributed by atoms with Gasteiger partial charge < -0.3 is 5.73 Å². The zero-order valence-corrected chi connectivity index (χ0v) is 6.50. The van der Waals surface area contributed by atoms with Gasteiger partial charge >= 0.3 is 6.03 Å². The number of anilines is 1. The van der Waals surface area contributed by atoms with E-state index in [0.717, 1.165) is 0 Å². The Morgan fingerprint density at radius 1 is 1.70 bits per heavy atom. The number of urea groups is 1. The minimum Gasteiger partial charge on any atom is -0.351 e. The smallest absolute Gasteiger partial charge is 0.317 e. The fourth-order valence-electron chi connectivity index (χ4n) is 0.503. The van der Waals surface area contributed by atoms with E-state index in [4.69, 9.17) is 17.3 Å². The van der Waals surface area contributed by atoms with Gasteiger partial charge in [0.05, 0.1) is 9.34 Å². The van der Waals surface area contributed by atoms with Crippen LogP contribution in [0.2, 0.25) is 4.34 Å². The maximum atomic E-state index is 10.3. The molecule has 5 heteroatoms. The molecule has 0 unspecified atom stereocenters. The number of amides is 2. The highest BCUT2D eigenvalue weighted by atomic mass is 35.5. The number of nitrogens with one attached hydrogen (secondary N) is 1. The normalized spacial score (nSPS) is 9.30. The van der Waals surface area contributed by atoms with E-state index in [1.54, 1.807) is 12.1 Å². The van der Waals surface area contributed by atoms with Crippen LogP contribution in [0.25, 0.3) is 0 Å². The van der Waals surface area contributed by atoms with Crippen molar-refractivity contribution in [3.8, 4) is 0 Å². The number of thiophene rings is 1. The maximum Gasteiger partial charge on any atom is 0.317 e. The van der Waals surface area contributed by atoms with E-state index >= 15 is 0 Å². The van der Waals surface area contributed by atoms with Crippen molar-refractivity contribution in [2.45, 2.75) is 0 Å². The van der Waals surface area contributed by atoms with E-state index in [2.05, 4.69) is 5.32 Å². The fourth-order valence-corrected chi connectivity index (χ4v) is 1.45. The number of hydrogen-bond donors (Lipinski definition) is 2. The highest BCUT2D eigenvalue weighted by Crippen LogP contribution is 2.25. The third-order valence-corrected chi connectivity index (χ3v) is 1.97. The van der Waals surface area contributed by atoms with E-state index in [-0.39, 0.29) is 0 Å². The average Bonchev–Trinajstić information content (AvgIpc) is 2.13. The molecule has 0 aliphatic carbocycles. The largest absolute Gasteiger partial charge is 0.351 e. The van der Waals surface area contributed by atoms with Gasteiger partial charge in [0.2, 0.25) is 0 Å². The van der Waals surface area contributed by atoms with Crippen molar-refractivity contribution >= 4 is 34.0 Å². The Morgan fingerprint density at radius 2 is 2.40 bits per heavy atom. The van der Waals surface area contributed by atoms with Gasteiger partial charge in [0.25, 0.3) is 0 Å². The molecule has 1 heterocycles. The molecule has 3 N–H and O–H groups in total. The van der Waals surface area contributed by atoms with Crippen LogP contribution in [0.1, 0.15) is 0 Å². The van der Waals surface area contributed by atoms with Gasteiger partial charge in [0, 0.05) is 0 Å². The minimum absolute atomic E-state index is 0.571. The van der Waals surface area contributed by atoms with Crippen LogP contribution in [0, 0.1) is 0 Å². The SMILES string of the molecule is NC(=O)Nc1ccc(Cl)s1. The van der Waals surface area contributed by atoms with Crippen LogP contribution < -0.4 is 11.1 Å². The summed E-state index contributed by atoms with van der Waals surface area (Å²) in [5, 5.41) is 3.06. The number of carbonyl (C=O) groups excluding carboxylic acids is 1. The zero-order valence-electron chi connectivity index (χ0n) is 4.93. The summed E-state index contributed by atoms with van der Waals surface area (Å²) >= 11 is 6.84. The second-order valence-electron chi connectivity index (χ2n) is 1.59. The number of halogens is 1. The molecule has 0 spiro atoms. The lowest BCUT2D eigenvalue weighted by Gasteiger charge is -1.92. The Balaban J connectivity index is 2.67. The van der Waals surface area contributed by atoms with Gasteiger partial charge in [-0.1, -0.05) is 11.6 Å². The predicted octanol–water partition coefficient (Wildman–Crippen LogP) is 1.89. The Labute approximate surface area is 66.8 Å². The molecule has 1 rings (SSSR count). The van der Waals surface area contributed by atoms with E-state index < -0.39 is 6.03 Å².